The molecule has 1 amide bonds. The number of carbonyl (C=O) groups is 2. The molecule has 2 aromatic rings. The molecule has 5 nitrogen and oxygen atoms in total. The van der Waals surface area contributed by atoms with Crippen LogP contribution in [0.25, 0.3) is 0 Å². The topological polar surface area (TPSA) is 77.8 Å². The lowest BCUT2D eigenvalue weighted by Crippen LogP contribution is -2.33. The number of likely N-dealkylation sites (tertiary alicyclic amines) is 1. The summed E-state index contributed by atoms with van der Waals surface area (Å²) >= 11 is 0. The summed E-state index contributed by atoms with van der Waals surface area (Å²) in [6.45, 7) is 2.69. The van der Waals surface area contributed by atoms with Gasteiger partial charge in [-0.2, -0.15) is 0 Å². The van der Waals surface area contributed by atoms with Gasteiger partial charge in [-0.25, -0.2) is 4.79 Å². The molecule has 32 heavy (non-hydrogen) atoms. The van der Waals surface area contributed by atoms with Crippen molar-refractivity contribution in [2.45, 2.75) is 57.6 Å². The molecule has 2 aromatic carbocycles. The fraction of sp³-hybridized carbons (Fsp3) is 0.407. The van der Waals surface area contributed by atoms with Gasteiger partial charge < -0.3 is 15.1 Å². The van der Waals surface area contributed by atoms with Crippen molar-refractivity contribution in [3.8, 4) is 0 Å². The number of carboxylic acid groups (broad SMARTS) is 1. The fourth-order valence-corrected chi connectivity index (χ4v) is 4.20. The molecule has 1 fully saturated rings. The zero-order valence-electron chi connectivity index (χ0n) is 18.7. The summed E-state index contributed by atoms with van der Waals surface area (Å²) in [6, 6.07) is 17.3. The third-order valence-corrected chi connectivity index (χ3v) is 6.26. The Morgan fingerprint density at radius 1 is 1.12 bits per heavy atom. The average molecular weight is 436 g/mol. The summed E-state index contributed by atoms with van der Waals surface area (Å²) in [6.07, 6.45) is 7.94. The van der Waals surface area contributed by atoms with Crippen molar-refractivity contribution in [2.24, 2.45) is 5.92 Å². The molecule has 0 spiro atoms. The first kappa shape index (κ1) is 23.7. The molecule has 0 saturated carbocycles. The Hall–Kier alpha value is -2.92. The minimum Gasteiger partial charge on any atom is -0.478 e. The Kier molecular flexibility index (Phi) is 8.63. The maximum Gasteiger partial charge on any atom is 0.335 e. The second kappa shape index (κ2) is 11.6. The number of aryl methyl sites for hydroxylation is 2. The number of amides is 1. The van der Waals surface area contributed by atoms with Crippen molar-refractivity contribution in [3.05, 3.63) is 83.4 Å². The van der Waals surface area contributed by atoms with Crippen LogP contribution in [0.3, 0.4) is 0 Å². The summed E-state index contributed by atoms with van der Waals surface area (Å²) in [5, 5.41) is 19.7. The quantitative estimate of drug-likeness (QED) is 0.510. The molecule has 1 unspecified atom stereocenters. The van der Waals surface area contributed by atoms with E-state index in [4.69, 9.17) is 5.11 Å². The van der Waals surface area contributed by atoms with Crippen LogP contribution in [0.4, 0.5) is 0 Å². The van der Waals surface area contributed by atoms with Gasteiger partial charge in [-0.15, -0.1) is 0 Å². The molecule has 1 aliphatic heterocycles. The van der Waals surface area contributed by atoms with Crippen molar-refractivity contribution in [2.75, 3.05) is 6.54 Å². The van der Waals surface area contributed by atoms with Crippen LogP contribution < -0.4 is 0 Å². The van der Waals surface area contributed by atoms with Gasteiger partial charge in [0.25, 0.3) is 0 Å². The zero-order valence-corrected chi connectivity index (χ0v) is 18.7. The Morgan fingerprint density at radius 3 is 2.62 bits per heavy atom. The lowest BCUT2D eigenvalue weighted by Gasteiger charge is -2.23. The molecule has 1 aliphatic rings. The van der Waals surface area contributed by atoms with Crippen LogP contribution in [0, 0.1) is 5.92 Å². The first-order chi connectivity index (χ1) is 15.4. The van der Waals surface area contributed by atoms with Gasteiger partial charge in [0.1, 0.15) is 0 Å². The van der Waals surface area contributed by atoms with E-state index in [9.17, 15) is 14.7 Å². The van der Waals surface area contributed by atoms with Crippen molar-refractivity contribution < 1.29 is 19.8 Å². The van der Waals surface area contributed by atoms with Crippen molar-refractivity contribution in [3.63, 3.8) is 0 Å². The normalized spacial score (nSPS) is 18.2. The minimum atomic E-state index is -0.927. The maximum absolute atomic E-state index is 12.4. The highest BCUT2D eigenvalue weighted by atomic mass is 16.4. The monoisotopic (exact) mass is 435 g/mol. The molecule has 0 bridgehead atoms. The predicted molar refractivity (Wildman–Crippen MR) is 126 cm³/mol. The van der Waals surface area contributed by atoms with Crippen LogP contribution >= 0.6 is 0 Å². The maximum atomic E-state index is 12.4. The van der Waals surface area contributed by atoms with Crippen molar-refractivity contribution in [1.82, 2.24) is 4.90 Å². The molecule has 0 radical (unpaired) electrons. The van der Waals surface area contributed by atoms with E-state index in [0.29, 0.717) is 13.0 Å². The van der Waals surface area contributed by atoms with Crippen molar-refractivity contribution >= 4 is 11.9 Å². The smallest absolute Gasteiger partial charge is 0.335 e. The van der Waals surface area contributed by atoms with E-state index in [1.54, 1.807) is 18.2 Å². The third-order valence-electron chi connectivity index (χ3n) is 6.26. The van der Waals surface area contributed by atoms with E-state index >= 15 is 0 Å². The molecule has 1 saturated heterocycles. The summed E-state index contributed by atoms with van der Waals surface area (Å²) < 4.78 is 0. The number of hydrogen-bond donors (Lipinski definition) is 2. The number of rotatable bonds is 11. The first-order valence-corrected chi connectivity index (χ1v) is 11.5. The molecule has 170 valence electrons. The highest BCUT2D eigenvalue weighted by molar-refractivity contribution is 5.87. The Labute approximate surface area is 190 Å². The summed E-state index contributed by atoms with van der Waals surface area (Å²) in [5.41, 5.74) is 2.53. The second-order valence-corrected chi connectivity index (χ2v) is 8.68. The summed E-state index contributed by atoms with van der Waals surface area (Å²) in [4.78, 5) is 25.4. The molecule has 5 heteroatoms. The van der Waals surface area contributed by atoms with Crippen LogP contribution in [-0.2, 0) is 17.6 Å². The van der Waals surface area contributed by atoms with Crippen LogP contribution in [-0.4, -0.2) is 45.7 Å². The molecule has 1 heterocycles. The van der Waals surface area contributed by atoms with Gasteiger partial charge in [-0.05, 0) is 61.3 Å². The predicted octanol–water partition coefficient (Wildman–Crippen LogP) is 4.49. The van der Waals surface area contributed by atoms with Gasteiger partial charge in [0.05, 0.1) is 17.7 Å². The number of benzene rings is 2. The van der Waals surface area contributed by atoms with Gasteiger partial charge in [-0.1, -0.05) is 61.5 Å². The SMILES string of the molecule is C[C@@H](CCc1ccccc1)[C@H](O)C=CC1CCC(=O)N1CCCc1cccc(C(=O)O)c1. The highest BCUT2D eigenvalue weighted by Gasteiger charge is 2.28. The van der Waals surface area contributed by atoms with E-state index < -0.39 is 12.1 Å². The highest BCUT2D eigenvalue weighted by Crippen LogP contribution is 2.22. The average Bonchev–Trinajstić information content (AvgIpc) is 3.16. The zero-order chi connectivity index (χ0) is 22.9. The lowest BCUT2D eigenvalue weighted by atomic mass is 9.95. The number of aliphatic hydroxyl groups excluding tert-OH is 1. The van der Waals surface area contributed by atoms with E-state index in [2.05, 4.69) is 19.1 Å². The number of aliphatic hydroxyl groups is 1. The first-order valence-electron chi connectivity index (χ1n) is 11.5. The Balaban J connectivity index is 1.48. The van der Waals surface area contributed by atoms with Gasteiger partial charge >= 0.3 is 5.97 Å². The van der Waals surface area contributed by atoms with Crippen molar-refractivity contribution in [1.29, 1.82) is 0 Å². The van der Waals surface area contributed by atoms with Gasteiger partial charge in [-0.3, -0.25) is 4.79 Å². The number of aromatic carboxylic acids is 1. The number of carboxylic acids is 1. The molecule has 0 aromatic heterocycles. The van der Waals surface area contributed by atoms with Crippen LogP contribution in [0.2, 0.25) is 0 Å². The minimum absolute atomic E-state index is 0.0174. The van der Waals surface area contributed by atoms with E-state index in [1.165, 1.54) is 5.56 Å². The Morgan fingerprint density at radius 2 is 1.88 bits per heavy atom. The molecule has 2 N–H and O–H groups in total. The van der Waals surface area contributed by atoms with Gasteiger partial charge in [0.2, 0.25) is 5.91 Å². The van der Waals surface area contributed by atoms with E-state index in [0.717, 1.165) is 37.7 Å². The van der Waals surface area contributed by atoms with Gasteiger partial charge in [0.15, 0.2) is 0 Å². The summed E-state index contributed by atoms with van der Waals surface area (Å²) in [5.74, 6) is -0.646. The van der Waals surface area contributed by atoms with Crippen LogP contribution in [0.5, 0.6) is 0 Å². The van der Waals surface area contributed by atoms with Crippen LogP contribution in [0.1, 0.15) is 54.1 Å². The fourth-order valence-electron chi connectivity index (χ4n) is 4.20. The van der Waals surface area contributed by atoms with E-state index in [-0.39, 0.29) is 23.4 Å². The lowest BCUT2D eigenvalue weighted by molar-refractivity contribution is -0.128. The Bertz CT molecular complexity index is 924. The second-order valence-electron chi connectivity index (χ2n) is 8.68. The number of carbonyl (C=O) groups excluding carboxylic acids is 1. The summed E-state index contributed by atoms with van der Waals surface area (Å²) in [7, 11) is 0. The van der Waals surface area contributed by atoms with Crippen LogP contribution in [0.15, 0.2) is 66.7 Å². The number of nitrogens with zero attached hydrogens (tertiary/aromatic N) is 1. The molecular weight excluding hydrogens is 402 g/mol. The van der Waals surface area contributed by atoms with Gasteiger partial charge in [0, 0.05) is 13.0 Å². The standard InChI is InChI=1S/C27H33NO4/c1-20(12-13-21-7-3-2-4-8-21)25(29)16-14-24-15-17-26(30)28(24)18-6-10-22-9-5-11-23(19-22)27(31)32/h2-5,7-9,11,14,16,19-20,24-25,29H,6,10,12-13,15,17-18H2,1H3,(H,31,32)/t20-,24?,25+/m0/s1. The molecule has 0 aliphatic carbocycles. The largest absolute Gasteiger partial charge is 0.478 e. The molecule has 3 atom stereocenters. The van der Waals surface area contributed by atoms with E-state index in [1.807, 2.05) is 41.3 Å². The molecular formula is C27H33NO4. The number of hydrogen-bond acceptors (Lipinski definition) is 3. The third kappa shape index (κ3) is 6.79. The molecule has 3 rings (SSSR count).